The van der Waals surface area contributed by atoms with Crippen LogP contribution in [-0.4, -0.2) is 35.0 Å². The van der Waals surface area contributed by atoms with Crippen molar-refractivity contribution in [3.05, 3.63) is 69.2 Å². The van der Waals surface area contributed by atoms with Crippen LogP contribution in [0.25, 0.3) is 0 Å². The van der Waals surface area contributed by atoms with Gasteiger partial charge in [0.1, 0.15) is 11.1 Å². The van der Waals surface area contributed by atoms with Crippen molar-refractivity contribution in [3.63, 3.8) is 0 Å². The molecule has 2 atom stereocenters. The van der Waals surface area contributed by atoms with Crippen LogP contribution >= 0.6 is 11.6 Å². The Bertz CT molecular complexity index is 925. The first-order chi connectivity index (χ1) is 14.2. The number of alkyl halides is 3. The molecule has 0 aromatic heterocycles. The quantitative estimate of drug-likeness (QED) is 0.511. The van der Waals surface area contributed by atoms with Crippen LogP contribution in [0.4, 0.5) is 24.5 Å². The van der Waals surface area contributed by atoms with E-state index in [9.17, 15) is 28.1 Å². The summed E-state index contributed by atoms with van der Waals surface area (Å²) in [4.78, 5) is 25.0. The van der Waals surface area contributed by atoms with Crippen molar-refractivity contribution in [2.45, 2.75) is 25.1 Å². The van der Waals surface area contributed by atoms with E-state index in [1.165, 1.54) is 17.0 Å². The molecule has 6 nitrogen and oxygen atoms in total. The fourth-order valence-electron chi connectivity index (χ4n) is 3.61. The average Bonchev–Trinajstić information content (AvgIpc) is 2.70. The molecular weight excluding hydrogens is 423 g/mol. The summed E-state index contributed by atoms with van der Waals surface area (Å²) in [6, 6.07) is 11.3. The normalized spacial score (nSPS) is 18.6. The topological polar surface area (TPSA) is 75.5 Å². The third-order valence-electron chi connectivity index (χ3n) is 5.05. The van der Waals surface area contributed by atoms with Gasteiger partial charge in [0.05, 0.1) is 10.8 Å². The zero-order valence-corrected chi connectivity index (χ0v) is 16.5. The molecule has 1 heterocycles. The zero-order chi connectivity index (χ0) is 21.9. The Morgan fingerprint density at radius 2 is 1.93 bits per heavy atom. The largest absolute Gasteiger partial charge is 0.393 e. The van der Waals surface area contributed by atoms with Crippen LogP contribution in [0.1, 0.15) is 24.4 Å². The number of nitrogens with zero attached hydrogens (tertiary/aromatic N) is 2. The fraction of sp³-hybridized carbons (Fsp3) is 0.350. The van der Waals surface area contributed by atoms with E-state index in [0.717, 1.165) is 6.07 Å². The van der Waals surface area contributed by atoms with Gasteiger partial charge in [0.15, 0.2) is 0 Å². The standard InChI is InChI=1S/C20H19ClF3N3O3/c21-16-9-8-15(11-17(16)27(29)30)25-19(28)18(13-5-2-1-3-6-13)26-10-4-7-14(12-26)20(22,23)24/h1-3,5-6,8-9,11,14,18H,4,7,10,12H2,(H,25,28)/t14-,18+/m0/s1. The van der Waals surface area contributed by atoms with E-state index in [4.69, 9.17) is 11.6 Å². The van der Waals surface area contributed by atoms with Crippen molar-refractivity contribution >= 4 is 28.9 Å². The van der Waals surface area contributed by atoms with Crippen LogP contribution in [0.15, 0.2) is 48.5 Å². The third-order valence-corrected chi connectivity index (χ3v) is 5.37. The summed E-state index contributed by atoms with van der Waals surface area (Å²) >= 11 is 5.80. The summed E-state index contributed by atoms with van der Waals surface area (Å²) in [5.41, 5.74) is 0.309. The van der Waals surface area contributed by atoms with Gasteiger partial charge in [0.25, 0.3) is 5.69 Å². The first-order valence-electron chi connectivity index (χ1n) is 9.27. The summed E-state index contributed by atoms with van der Waals surface area (Å²) in [5.74, 6) is -2.08. The Balaban J connectivity index is 1.89. The minimum Gasteiger partial charge on any atom is -0.324 e. The van der Waals surface area contributed by atoms with E-state index >= 15 is 0 Å². The van der Waals surface area contributed by atoms with E-state index in [2.05, 4.69) is 5.32 Å². The van der Waals surface area contributed by atoms with Gasteiger partial charge in [0.2, 0.25) is 5.91 Å². The maximum absolute atomic E-state index is 13.3. The molecule has 1 saturated heterocycles. The number of amides is 1. The predicted octanol–water partition coefficient (Wildman–Crippen LogP) is 5.20. The Labute approximate surface area is 175 Å². The lowest BCUT2D eigenvalue weighted by Crippen LogP contribution is -2.46. The molecule has 1 N–H and O–H groups in total. The molecule has 1 amide bonds. The first-order valence-corrected chi connectivity index (χ1v) is 9.65. The third kappa shape index (κ3) is 5.09. The van der Waals surface area contributed by atoms with E-state index in [1.807, 2.05) is 0 Å². The first kappa shape index (κ1) is 22.0. The summed E-state index contributed by atoms with van der Waals surface area (Å²) in [7, 11) is 0. The highest BCUT2D eigenvalue weighted by Gasteiger charge is 2.44. The van der Waals surface area contributed by atoms with Crippen LogP contribution in [0.2, 0.25) is 5.02 Å². The smallest absolute Gasteiger partial charge is 0.324 e. The van der Waals surface area contributed by atoms with Crippen molar-refractivity contribution in [2.75, 3.05) is 18.4 Å². The Morgan fingerprint density at radius 1 is 1.23 bits per heavy atom. The molecule has 30 heavy (non-hydrogen) atoms. The monoisotopic (exact) mass is 441 g/mol. The van der Waals surface area contributed by atoms with Crippen molar-refractivity contribution in [2.24, 2.45) is 5.92 Å². The molecule has 0 saturated carbocycles. The number of likely N-dealkylation sites (tertiary alicyclic amines) is 1. The maximum atomic E-state index is 13.3. The summed E-state index contributed by atoms with van der Waals surface area (Å²) in [6.45, 7) is 0.0393. The molecule has 0 aliphatic carbocycles. The van der Waals surface area contributed by atoms with Gasteiger partial charge in [-0.2, -0.15) is 13.2 Å². The molecule has 2 aromatic carbocycles. The van der Waals surface area contributed by atoms with Crippen molar-refractivity contribution in [3.8, 4) is 0 Å². The van der Waals surface area contributed by atoms with Crippen molar-refractivity contribution < 1.29 is 22.9 Å². The van der Waals surface area contributed by atoms with Crippen molar-refractivity contribution in [1.29, 1.82) is 0 Å². The summed E-state index contributed by atoms with van der Waals surface area (Å²) in [6.07, 6.45) is -4.01. The minimum atomic E-state index is -4.34. The van der Waals surface area contributed by atoms with Crippen LogP contribution in [0, 0.1) is 16.0 Å². The lowest BCUT2D eigenvalue weighted by atomic mass is 9.94. The van der Waals surface area contributed by atoms with E-state index in [1.54, 1.807) is 30.3 Å². The minimum absolute atomic E-state index is 0.0203. The fourth-order valence-corrected chi connectivity index (χ4v) is 3.80. The van der Waals surface area contributed by atoms with Gasteiger partial charge < -0.3 is 5.32 Å². The number of nitro benzene ring substituents is 1. The Morgan fingerprint density at radius 3 is 2.57 bits per heavy atom. The van der Waals surface area contributed by atoms with Crippen LogP contribution in [0.3, 0.4) is 0 Å². The number of carbonyl (C=O) groups excluding carboxylic acids is 1. The predicted molar refractivity (Wildman–Crippen MR) is 106 cm³/mol. The number of benzene rings is 2. The lowest BCUT2D eigenvalue weighted by molar-refractivity contribution is -0.384. The highest BCUT2D eigenvalue weighted by molar-refractivity contribution is 6.32. The molecular formula is C20H19ClF3N3O3. The number of carbonyl (C=O) groups is 1. The SMILES string of the molecule is O=C(Nc1ccc(Cl)c([N+](=O)[O-])c1)[C@@H](c1ccccc1)N1CCC[C@H](C(F)(F)F)C1. The van der Waals surface area contributed by atoms with Gasteiger partial charge >= 0.3 is 6.18 Å². The molecule has 1 aliphatic heterocycles. The molecule has 10 heteroatoms. The molecule has 0 radical (unpaired) electrons. The van der Waals surface area contributed by atoms with Gasteiger partial charge in [-0.3, -0.25) is 19.8 Å². The zero-order valence-electron chi connectivity index (χ0n) is 15.7. The number of anilines is 1. The molecule has 0 unspecified atom stereocenters. The summed E-state index contributed by atoms with van der Waals surface area (Å²) < 4.78 is 39.8. The van der Waals surface area contributed by atoms with Gasteiger partial charge in [-0.1, -0.05) is 41.9 Å². The number of halogens is 4. The molecule has 3 rings (SSSR count). The number of hydrogen-bond donors (Lipinski definition) is 1. The maximum Gasteiger partial charge on any atom is 0.393 e. The second-order valence-electron chi connectivity index (χ2n) is 7.10. The van der Waals surface area contributed by atoms with Gasteiger partial charge in [-0.15, -0.1) is 0 Å². The number of piperidine rings is 1. The van der Waals surface area contributed by atoms with Crippen molar-refractivity contribution in [1.82, 2.24) is 4.90 Å². The number of hydrogen-bond acceptors (Lipinski definition) is 4. The van der Waals surface area contributed by atoms with Gasteiger partial charge in [0, 0.05) is 18.3 Å². The molecule has 160 valence electrons. The molecule has 0 spiro atoms. The summed E-state index contributed by atoms with van der Waals surface area (Å²) in [5, 5.41) is 13.6. The van der Waals surface area contributed by atoms with Crippen LogP contribution in [0.5, 0.6) is 0 Å². The van der Waals surface area contributed by atoms with E-state index in [-0.39, 0.29) is 29.4 Å². The van der Waals surface area contributed by atoms with Crippen LogP contribution in [-0.2, 0) is 4.79 Å². The second-order valence-corrected chi connectivity index (χ2v) is 7.51. The highest BCUT2D eigenvalue weighted by atomic mass is 35.5. The molecule has 0 bridgehead atoms. The number of nitro groups is 1. The number of nitrogens with one attached hydrogen (secondary N) is 1. The Hall–Kier alpha value is -2.65. The van der Waals surface area contributed by atoms with Gasteiger partial charge in [-0.25, -0.2) is 0 Å². The van der Waals surface area contributed by atoms with E-state index in [0.29, 0.717) is 18.5 Å². The van der Waals surface area contributed by atoms with Gasteiger partial charge in [-0.05, 0) is 37.1 Å². The van der Waals surface area contributed by atoms with Crippen LogP contribution < -0.4 is 5.32 Å². The molecule has 1 fully saturated rings. The second kappa shape index (κ2) is 9.01. The van der Waals surface area contributed by atoms with E-state index < -0.39 is 29.0 Å². The molecule has 2 aromatic rings. The lowest BCUT2D eigenvalue weighted by Gasteiger charge is -2.38. The highest BCUT2D eigenvalue weighted by Crippen LogP contribution is 2.36. The average molecular weight is 442 g/mol. The Kier molecular flexibility index (Phi) is 6.62. The number of rotatable bonds is 5. The molecule has 1 aliphatic rings.